The molecular weight excluding hydrogens is 531 g/mol. The Morgan fingerprint density at radius 2 is 1.98 bits per heavy atom. The zero-order valence-electron chi connectivity index (χ0n) is 23.4. The summed E-state index contributed by atoms with van der Waals surface area (Å²) < 4.78 is 17.2. The number of halogens is 1. The van der Waals surface area contributed by atoms with E-state index >= 15 is 4.39 Å². The summed E-state index contributed by atoms with van der Waals surface area (Å²) in [6.45, 7) is 3.02. The average molecular weight is 563 g/mol. The average Bonchev–Trinajstić information content (AvgIpc) is 3.93. The van der Waals surface area contributed by atoms with Crippen molar-refractivity contribution in [1.82, 2.24) is 24.8 Å². The van der Waals surface area contributed by atoms with Gasteiger partial charge in [-0.25, -0.2) is 13.9 Å². The van der Waals surface area contributed by atoms with Gasteiger partial charge in [-0.15, -0.1) is 0 Å². The van der Waals surface area contributed by atoms with Crippen LogP contribution < -0.4 is 5.32 Å². The minimum Gasteiger partial charge on any atom is -0.355 e. The number of nitrogens with one attached hydrogen (secondary N) is 1. The predicted molar refractivity (Wildman–Crippen MR) is 154 cm³/mol. The van der Waals surface area contributed by atoms with Crippen LogP contribution in [0.4, 0.5) is 4.39 Å². The van der Waals surface area contributed by atoms with Gasteiger partial charge >= 0.3 is 0 Å². The zero-order chi connectivity index (χ0) is 29.0. The maximum absolute atomic E-state index is 15.4. The molecule has 2 unspecified atom stereocenters. The minimum absolute atomic E-state index is 0.0300. The first-order valence-electron chi connectivity index (χ1n) is 14.7. The number of carbonyl (C=O) groups excluding carboxylic acids is 2. The molecule has 0 saturated heterocycles. The minimum atomic E-state index is -0.406. The molecule has 1 aliphatic heterocycles. The van der Waals surface area contributed by atoms with Crippen LogP contribution in [0.5, 0.6) is 0 Å². The highest BCUT2D eigenvalue weighted by Crippen LogP contribution is 2.48. The van der Waals surface area contributed by atoms with Gasteiger partial charge in [-0.05, 0) is 73.4 Å². The lowest BCUT2D eigenvalue weighted by Crippen LogP contribution is -2.39. The maximum atomic E-state index is 15.4. The molecule has 2 fully saturated rings. The summed E-state index contributed by atoms with van der Waals surface area (Å²) in [7, 11) is 0. The molecule has 2 aromatic heterocycles. The van der Waals surface area contributed by atoms with Gasteiger partial charge in [0.1, 0.15) is 11.5 Å². The number of rotatable bonds is 7. The van der Waals surface area contributed by atoms with Gasteiger partial charge in [0.15, 0.2) is 5.65 Å². The van der Waals surface area contributed by atoms with Crippen LogP contribution >= 0.6 is 0 Å². The van der Waals surface area contributed by atoms with E-state index in [0.29, 0.717) is 48.0 Å². The number of nitriles is 1. The molecule has 7 rings (SSSR count). The van der Waals surface area contributed by atoms with Crippen molar-refractivity contribution < 1.29 is 14.0 Å². The lowest BCUT2D eigenvalue weighted by Gasteiger charge is -2.35. The topological polar surface area (TPSA) is 103 Å². The number of nitrogens with zero attached hydrogens (tertiary/aromatic N) is 5. The van der Waals surface area contributed by atoms with Crippen LogP contribution in [-0.4, -0.2) is 44.4 Å². The van der Waals surface area contributed by atoms with Gasteiger partial charge < -0.3 is 10.2 Å². The number of fused-ring (bicyclic) bond motifs is 2. The Hall–Kier alpha value is -4.58. The first kappa shape index (κ1) is 26.3. The molecule has 1 N–H and O–H groups in total. The highest BCUT2D eigenvalue weighted by Gasteiger charge is 2.44. The Morgan fingerprint density at radius 1 is 1.14 bits per heavy atom. The normalized spacial score (nSPS) is 21.1. The molecule has 3 heterocycles. The molecule has 0 radical (unpaired) electrons. The molecule has 8 nitrogen and oxygen atoms in total. The summed E-state index contributed by atoms with van der Waals surface area (Å²) >= 11 is 0. The van der Waals surface area contributed by atoms with Crippen molar-refractivity contribution in [2.75, 3.05) is 13.1 Å². The molecule has 4 aromatic rings. The fourth-order valence-corrected chi connectivity index (χ4v) is 6.30. The second-order valence-corrected chi connectivity index (χ2v) is 11.7. The summed E-state index contributed by atoms with van der Waals surface area (Å²) in [5.74, 6) is -0.522. The van der Waals surface area contributed by atoms with Crippen LogP contribution in [0.2, 0.25) is 0 Å². The fraction of sp³-hybridized carbons (Fsp3) is 0.364. The standard InChI is InChI=1S/C33H31FN6O2/c1-19-23-6-3-2-5-20(23)11-14-39(19)33(42)29-17-30(21-7-8-21)40-31(37-29)18-28(38-40)24-10-9-22(15-27(24)34)25-16-26(25)32(41)36-13-4-12-35/h2-3,5-6,9-10,15,17-19,21,25-26H,4,7-8,11,13-14,16H2,1H3,(H,36,41)/t19-,25?,26?/m1/s1. The van der Waals surface area contributed by atoms with Crippen molar-refractivity contribution in [2.45, 2.75) is 56.9 Å². The van der Waals surface area contributed by atoms with Gasteiger partial charge in [-0.3, -0.25) is 9.59 Å². The fourth-order valence-electron chi connectivity index (χ4n) is 6.30. The van der Waals surface area contributed by atoms with Gasteiger partial charge in [-0.1, -0.05) is 30.3 Å². The smallest absolute Gasteiger partial charge is 0.273 e. The molecular formula is C33H31FN6O2. The molecule has 2 amide bonds. The van der Waals surface area contributed by atoms with Crippen LogP contribution in [0.3, 0.4) is 0 Å². The molecule has 212 valence electrons. The van der Waals surface area contributed by atoms with Crippen molar-refractivity contribution in [3.05, 3.63) is 88.5 Å². The van der Waals surface area contributed by atoms with E-state index in [2.05, 4.69) is 24.4 Å². The van der Waals surface area contributed by atoms with Gasteiger partial charge in [0.25, 0.3) is 5.91 Å². The number of hydrogen-bond donors (Lipinski definition) is 1. The van der Waals surface area contributed by atoms with Crippen molar-refractivity contribution in [3.8, 4) is 17.3 Å². The molecule has 2 saturated carbocycles. The maximum Gasteiger partial charge on any atom is 0.273 e. The molecule has 2 aliphatic carbocycles. The number of benzene rings is 2. The SMILES string of the molecule is C[C@@H]1c2ccccc2CCN1C(=O)c1cc(C2CC2)n2nc(-c3ccc(C4CC4C(=O)NCCC#N)cc3F)cc2n1. The van der Waals surface area contributed by atoms with E-state index in [1.165, 1.54) is 17.2 Å². The van der Waals surface area contributed by atoms with E-state index in [-0.39, 0.29) is 36.1 Å². The Kier molecular flexibility index (Phi) is 6.49. The van der Waals surface area contributed by atoms with Crippen molar-refractivity contribution in [3.63, 3.8) is 0 Å². The third kappa shape index (κ3) is 4.71. The van der Waals surface area contributed by atoms with Crippen molar-refractivity contribution >= 4 is 17.5 Å². The molecule has 2 aromatic carbocycles. The molecule has 0 spiro atoms. The third-order valence-corrected chi connectivity index (χ3v) is 8.89. The van der Waals surface area contributed by atoms with Crippen LogP contribution in [0, 0.1) is 23.1 Å². The van der Waals surface area contributed by atoms with E-state index < -0.39 is 5.82 Å². The van der Waals surface area contributed by atoms with E-state index in [1.54, 1.807) is 16.6 Å². The van der Waals surface area contributed by atoms with Crippen molar-refractivity contribution in [2.24, 2.45) is 5.92 Å². The van der Waals surface area contributed by atoms with Crippen molar-refractivity contribution in [1.29, 1.82) is 5.26 Å². The second-order valence-electron chi connectivity index (χ2n) is 11.7. The van der Waals surface area contributed by atoms with Crippen LogP contribution in [0.15, 0.2) is 54.6 Å². The van der Waals surface area contributed by atoms with Gasteiger partial charge in [0, 0.05) is 42.2 Å². The highest BCUT2D eigenvalue weighted by molar-refractivity contribution is 5.93. The van der Waals surface area contributed by atoms with Gasteiger partial charge in [0.2, 0.25) is 5.91 Å². The summed E-state index contributed by atoms with van der Waals surface area (Å²) in [5.41, 5.74) is 5.90. The first-order chi connectivity index (χ1) is 20.4. The van der Waals surface area contributed by atoms with Crippen LogP contribution in [0.1, 0.15) is 83.4 Å². The van der Waals surface area contributed by atoms with Crippen LogP contribution in [0.25, 0.3) is 16.9 Å². The zero-order valence-corrected chi connectivity index (χ0v) is 23.4. The monoisotopic (exact) mass is 562 g/mol. The molecule has 0 bridgehead atoms. The van der Waals surface area contributed by atoms with E-state index in [4.69, 9.17) is 15.3 Å². The molecule has 3 aliphatic rings. The highest BCUT2D eigenvalue weighted by atomic mass is 19.1. The number of aromatic nitrogens is 3. The lowest BCUT2D eigenvalue weighted by molar-refractivity contribution is -0.122. The lowest BCUT2D eigenvalue weighted by atomic mass is 9.93. The summed E-state index contributed by atoms with van der Waals surface area (Å²) in [6, 6.07) is 18.9. The molecule has 9 heteroatoms. The molecule has 42 heavy (non-hydrogen) atoms. The summed E-state index contributed by atoms with van der Waals surface area (Å²) in [5, 5.41) is 16.2. The number of amides is 2. The predicted octanol–water partition coefficient (Wildman–Crippen LogP) is 5.31. The summed E-state index contributed by atoms with van der Waals surface area (Å²) in [6.07, 6.45) is 3.78. The number of carbonyl (C=O) groups is 2. The van der Waals surface area contributed by atoms with E-state index in [9.17, 15) is 9.59 Å². The summed E-state index contributed by atoms with van der Waals surface area (Å²) in [4.78, 5) is 32.7. The first-order valence-corrected chi connectivity index (χ1v) is 14.7. The van der Waals surface area contributed by atoms with E-state index in [1.807, 2.05) is 35.2 Å². The molecule has 3 atom stereocenters. The Labute approximate surface area is 243 Å². The largest absolute Gasteiger partial charge is 0.355 e. The van der Waals surface area contributed by atoms with Gasteiger partial charge in [-0.2, -0.15) is 10.4 Å². The Balaban J connectivity index is 1.15. The Bertz CT molecular complexity index is 1770. The Morgan fingerprint density at radius 3 is 2.76 bits per heavy atom. The van der Waals surface area contributed by atoms with Gasteiger partial charge in [0.05, 0.1) is 24.2 Å². The van der Waals surface area contributed by atoms with E-state index in [0.717, 1.165) is 30.5 Å². The number of hydrogen-bond acceptors (Lipinski definition) is 5. The third-order valence-electron chi connectivity index (χ3n) is 8.89. The van der Waals surface area contributed by atoms with Crippen LogP contribution in [-0.2, 0) is 11.2 Å². The second kappa shape index (κ2) is 10.4. The quantitative estimate of drug-likeness (QED) is 0.308.